The van der Waals surface area contributed by atoms with Crippen LogP contribution in [0.4, 0.5) is 17.1 Å². The van der Waals surface area contributed by atoms with Crippen molar-refractivity contribution in [2.75, 3.05) is 4.72 Å². The highest BCUT2D eigenvalue weighted by molar-refractivity contribution is 7.92. The van der Waals surface area contributed by atoms with E-state index in [1.807, 2.05) is 0 Å². The topological polar surface area (TPSA) is 167 Å². The fraction of sp³-hybridized carbons (Fsp3) is 0. The summed E-state index contributed by atoms with van der Waals surface area (Å²) in [5.74, 6) is -1.32. The molecule has 0 bridgehead atoms. The number of carbonyl (C=O) groups excluding carboxylic acids is 1. The molecule has 3 N–H and O–H groups in total. The smallest absolute Gasteiger partial charge is 0.295 e. The molecule has 1 amide bonds. The summed E-state index contributed by atoms with van der Waals surface area (Å²) in [7, 11) is -4.02. The molecular formula is C21H14ClN5O6S. The van der Waals surface area contributed by atoms with Crippen LogP contribution in [0.2, 0.25) is 5.02 Å². The number of nitrogens with one attached hydrogen (secondary N) is 2. The van der Waals surface area contributed by atoms with E-state index in [0.29, 0.717) is 10.5 Å². The highest BCUT2D eigenvalue weighted by Gasteiger charge is 2.18. The molecule has 4 aromatic rings. The Balaban J connectivity index is 1.60. The third kappa shape index (κ3) is 4.72. The Kier molecular flexibility index (Phi) is 6.01. The molecule has 34 heavy (non-hydrogen) atoms. The second kappa shape index (κ2) is 8.92. The van der Waals surface area contributed by atoms with Crippen molar-refractivity contribution in [2.24, 2.45) is 10.2 Å². The molecule has 0 aliphatic heterocycles. The second-order valence-electron chi connectivity index (χ2n) is 6.95. The molecule has 172 valence electrons. The molecule has 0 saturated heterocycles. The number of carbonyl (C=O) groups is 1. The van der Waals surface area contributed by atoms with E-state index in [1.165, 1.54) is 60.7 Å². The number of aromatic hydroxyl groups is 1. The van der Waals surface area contributed by atoms with Gasteiger partial charge in [-0.2, -0.15) is 0 Å². The van der Waals surface area contributed by atoms with Crippen molar-refractivity contribution < 1.29 is 23.2 Å². The summed E-state index contributed by atoms with van der Waals surface area (Å²) in [6.45, 7) is 0. The van der Waals surface area contributed by atoms with E-state index >= 15 is 0 Å². The normalized spacial score (nSPS) is 11.7. The van der Waals surface area contributed by atoms with Crippen LogP contribution in [0.1, 0.15) is 10.4 Å². The first-order valence-corrected chi connectivity index (χ1v) is 11.3. The van der Waals surface area contributed by atoms with E-state index in [4.69, 9.17) is 11.6 Å². The van der Waals surface area contributed by atoms with Crippen molar-refractivity contribution in [1.29, 1.82) is 0 Å². The summed E-state index contributed by atoms with van der Waals surface area (Å²) < 4.78 is 27.7. The van der Waals surface area contributed by atoms with E-state index in [9.17, 15) is 28.4 Å². The molecular weight excluding hydrogens is 486 g/mol. The van der Waals surface area contributed by atoms with Gasteiger partial charge in [-0.15, -0.1) is 10.2 Å². The Labute approximate surface area is 196 Å². The van der Waals surface area contributed by atoms with E-state index < -0.39 is 26.7 Å². The van der Waals surface area contributed by atoms with Crippen LogP contribution in [0, 0.1) is 10.1 Å². The lowest BCUT2D eigenvalue weighted by atomic mass is 10.2. The number of nitro benzene ring substituents is 1. The van der Waals surface area contributed by atoms with Gasteiger partial charge in [-0.1, -0.05) is 17.7 Å². The summed E-state index contributed by atoms with van der Waals surface area (Å²) in [6, 6.07) is 15.0. The molecule has 0 spiro atoms. The Morgan fingerprint density at radius 2 is 1.82 bits per heavy atom. The Morgan fingerprint density at radius 1 is 1.09 bits per heavy atom. The van der Waals surface area contributed by atoms with E-state index in [2.05, 4.69) is 19.9 Å². The first kappa shape index (κ1) is 22.9. The van der Waals surface area contributed by atoms with Crippen molar-refractivity contribution in [3.05, 3.63) is 87.4 Å². The summed E-state index contributed by atoms with van der Waals surface area (Å²) in [4.78, 5) is 25.4. The number of hydrogen-bond donors (Lipinski definition) is 3. The van der Waals surface area contributed by atoms with Crippen molar-refractivity contribution in [3.8, 4) is 5.88 Å². The zero-order chi connectivity index (χ0) is 24.5. The summed E-state index contributed by atoms with van der Waals surface area (Å²) >= 11 is 5.80. The van der Waals surface area contributed by atoms with Crippen LogP contribution in [-0.2, 0) is 10.0 Å². The summed E-state index contributed by atoms with van der Waals surface area (Å²) in [5.41, 5.74) is 0.157. The third-order valence-electron chi connectivity index (χ3n) is 4.68. The molecule has 13 heteroatoms. The van der Waals surface area contributed by atoms with Gasteiger partial charge in [0.1, 0.15) is 0 Å². The molecule has 0 aliphatic carbocycles. The van der Waals surface area contributed by atoms with Crippen molar-refractivity contribution in [1.82, 2.24) is 4.98 Å². The van der Waals surface area contributed by atoms with Crippen LogP contribution in [0.25, 0.3) is 10.9 Å². The lowest BCUT2D eigenvalue weighted by molar-refractivity contribution is -0.384. The van der Waals surface area contributed by atoms with Crippen LogP contribution < -0.4 is 4.72 Å². The number of nitro groups is 1. The number of benzene rings is 3. The zero-order valence-corrected chi connectivity index (χ0v) is 18.5. The lowest BCUT2D eigenvalue weighted by Gasteiger charge is -2.08. The van der Waals surface area contributed by atoms with E-state index in [1.54, 1.807) is 0 Å². The molecule has 0 saturated carbocycles. The number of aromatic amines is 1. The highest BCUT2D eigenvalue weighted by Crippen LogP contribution is 2.37. The average molecular weight is 500 g/mol. The van der Waals surface area contributed by atoms with Gasteiger partial charge in [-0.3, -0.25) is 19.6 Å². The first-order valence-electron chi connectivity index (χ1n) is 9.48. The van der Waals surface area contributed by atoms with Gasteiger partial charge in [0.15, 0.2) is 5.69 Å². The predicted octanol–water partition coefficient (Wildman–Crippen LogP) is 5.16. The van der Waals surface area contributed by atoms with Gasteiger partial charge >= 0.3 is 0 Å². The highest BCUT2D eigenvalue weighted by atomic mass is 35.5. The van der Waals surface area contributed by atoms with Crippen LogP contribution in [0.5, 0.6) is 5.88 Å². The maximum Gasteiger partial charge on any atom is 0.295 e. The minimum atomic E-state index is -4.02. The van der Waals surface area contributed by atoms with Gasteiger partial charge in [0.05, 0.1) is 15.3 Å². The van der Waals surface area contributed by atoms with E-state index in [0.717, 1.165) is 6.07 Å². The van der Waals surface area contributed by atoms with Crippen LogP contribution in [0.15, 0.2) is 81.9 Å². The van der Waals surface area contributed by atoms with Crippen LogP contribution >= 0.6 is 11.6 Å². The lowest BCUT2D eigenvalue weighted by Crippen LogP contribution is -2.13. The molecule has 0 aliphatic rings. The van der Waals surface area contributed by atoms with Gasteiger partial charge in [0.2, 0.25) is 5.88 Å². The number of amides is 1. The maximum atomic E-state index is 12.7. The van der Waals surface area contributed by atoms with Gasteiger partial charge in [-0.25, -0.2) is 8.42 Å². The number of aromatic nitrogens is 1. The fourth-order valence-corrected chi connectivity index (χ4v) is 4.28. The molecule has 3 aromatic carbocycles. The standard InChI is InChI=1S/C21H14ClN5O6S/c22-13-4-6-14(7-5-13)26-34(32,33)16-3-1-2-12(10-16)20(28)25-24-19-17-11-15(27(30)31)8-9-18(17)23-21(19)29/h1-11,23,26,29H. The van der Waals surface area contributed by atoms with Gasteiger partial charge in [0, 0.05) is 33.8 Å². The van der Waals surface area contributed by atoms with Crippen molar-refractivity contribution >= 4 is 55.5 Å². The number of nitrogens with zero attached hydrogens (tertiary/aromatic N) is 3. The Hall–Kier alpha value is -4.29. The number of rotatable bonds is 6. The number of azo groups is 1. The number of sulfonamides is 1. The number of anilines is 1. The maximum absolute atomic E-state index is 12.7. The Morgan fingerprint density at radius 3 is 2.53 bits per heavy atom. The molecule has 11 nitrogen and oxygen atoms in total. The fourth-order valence-electron chi connectivity index (χ4n) is 3.05. The Bertz CT molecular complexity index is 1560. The van der Waals surface area contributed by atoms with Crippen molar-refractivity contribution in [2.45, 2.75) is 4.90 Å². The van der Waals surface area contributed by atoms with Crippen LogP contribution in [-0.4, -0.2) is 29.3 Å². The third-order valence-corrected chi connectivity index (χ3v) is 6.31. The number of halogens is 1. The number of hydrogen-bond acceptors (Lipinski definition) is 7. The minimum absolute atomic E-state index is 0.0759. The SMILES string of the molecule is O=C(N=Nc1c(O)[nH]c2ccc([N+](=O)[O-])cc12)c1cccc(S(=O)(=O)Nc2ccc(Cl)cc2)c1. The molecule has 1 aromatic heterocycles. The monoisotopic (exact) mass is 499 g/mol. The van der Waals surface area contributed by atoms with Crippen molar-refractivity contribution in [3.63, 3.8) is 0 Å². The molecule has 1 heterocycles. The van der Waals surface area contributed by atoms with E-state index in [-0.39, 0.29) is 32.9 Å². The predicted molar refractivity (Wildman–Crippen MR) is 124 cm³/mol. The molecule has 0 fully saturated rings. The number of non-ortho nitro benzene ring substituents is 1. The quantitative estimate of drug-likeness (QED) is 0.188. The largest absolute Gasteiger partial charge is 0.493 e. The zero-order valence-electron chi connectivity index (χ0n) is 17.0. The van der Waals surface area contributed by atoms with Gasteiger partial charge in [0.25, 0.3) is 21.6 Å². The van der Waals surface area contributed by atoms with Gasteiger partial charge in [-0.05, 0) is 48.5 Å². The number of fused-ring (bicyclic) bond motifs is 1. The van der Waals surface area contributed by atoms with Crippen LogP contribution in [0.3, 0.4) is 0 Å². The molecule has 0 atom stereocenters. The molecule has 0 radical (unpaired) electrons. The average Bonchev–Trinajstić information content (AvgIpc) is 3.13. The van der Waals surface area contributed by atoms with Gasteiger partial charge < -0.3 is 10.1 Å². The summed E-state index contributed by atoms with van der Waals surface area (Å²) in [5, 5.41) is 29.0. The summed E-state index contributed by atoms with van der Waals surface area (Å²) in [6.07, 6.45) is 0. The first-order chi connectivity index (χ1) is 16.1. The molecule has 4 rings (SSSR count). The number of H-pyrrole nitrogens is 1. The minimum Gasteiger partial charge on any atom is -0.493 e. The molecule has 0 unspecified atom stereocenters. The second-order valence-corrected chi connectivity index (χ2v) is 9.07.